The van der Waals surface area contributed by atoms with Gasteiger partial charge in [0.15, 0.2) is 5.82 Å². The van der Waals surface area contributed by atoms with Crippen LogP contribution in [0.3, 0.4) is 0 Å². The molecule has 2 N–H and O–H groups in total. The van der Waals surface area contributed by atoms with E-state index in [1.807, 2.05) is 35.9 Å². The SMILES string of the molecule is CCCOc1ccc(NC(=O)NC2CCCn3nc(CC)nc32)cc1. The van der Waals surface area contributed by atoms with E-state index in [2.05, 4.69) is 27.6 Å². The molecule has 1 unspecified atom stereocenters. The number of hydrogen-bond acceptors (Lipinski definition) is 4. The molecule has 1 aliphatic rings. The van der Waals surface area contributed by atoms with Gasteiger partial charge in [-0.2, -0.15) is 5.10 Å². The van der Waals surface area contributed by atoms with Gasteiger partial charge < -0.3 is 15.4 Å². The van der Waals surface area contributed by atoms with Crippen molar-refractivity contribution in [3.8, 4) is 5.75 Å². The predicted octanol–water partition coefficient (Wildman–Crippen LogP) is 3.29. The van der Waals surface area contributed by atoms with Crippen LogP contribution in [0.4, 0.5) is 10.5 Å². The maximum absolute atomic E-state index is 12.3. The Kier molecular flexibility index (Phi) is 5.53. The van der Waals surface area contributed by atoms with Gasteiger partial charge in [-0.1, -0.05) is 13.8 Å². The zero-order chi connectivity index (χ0) is 17.6. The Balaban J connectivity index is 1.59. The van der Waals surface area contributed by atoms with Crippen LogP contribution in [-0.2, 0) is 13.0 Å². The fourth-order valence-electron chi connectivity index (χ4n) is 2.87. The second kappa shape index (κ2) is 8.00. The fraction of sp³-hybridized carbons (Fsp3) is 0.500. The number of anilines is 1. The standard InChI is InChI=1S/C18H25N5O2/c1-3-12-25-14-9-7-13(8-10-14)19-18(24)20-15-6-5-11-23-17(15)21-16(4-2)22-23/h7-10,15H,3-6,11-12H2,1-2H3,(H2,19,20,24). The fourth-order valence-corrected chi connectivity index (χ4v) is 2.87. The highest BCUT2D eigenvalue weighted by Gasteiger charge is 2.25. The Morgan fingerprint density at radius 2 is 2.12 bits per heavy atom. The molecular formula is C18H25N5O2. The van der Waals surface area contributed by atoms with Gasteiger partial charge in [-0.05, 0) is 43.5 Å². The van der Waals surface area contributed by atoms with Gasteiger partial charge in [0.1, 0.15) is 11.6 Å². The average molecular weight is 343 g/mol. The van der Waals surface area contributed by atoms with E-state index in [0.717, 1.165) is 55.3 Å². The van der Waals surface area contributed by atoms with E-state index in [1.165, 1.54) is 0 Å². The number of aryl methyl sites for hydroxylation is 2. The zero-order valence-corrected chi connectivity index (χ0v) is 14.8. The Morgan fingerprint density at radius 3 is 2.84 bits per heavy atom. The summed E-state index contributed by atoms with van der Waals surface area (Å²) in [7, 11) is 0. The van der Waals surface area contributed by atoms with Gasteiger partial charge >= 0.3 is 6.03 Å². The Labute approximate surface area is 147 Å². The summed E-state index contributed by atoms with van der Waals surface area (Å²) >= 11 is 0. The minimum absolute atomic E-state index is 0.103. The van der Waals surface area contributed by atoms with E-state index >= 15 is 0 Å². The number of hydrogen-bond donors (Lipinski definition) is 2. The maximum Gasteiger partial charge on any atom is 0.319 e. The Bertz CT molecular complexity index is 711. The number of ether oxygens (including phenoxy) is 1. The van der Waals surface area contributed by atoms with Crippen LogP contribution in [0.1, 0.15) is 50.8 Å². The molecule has 0 fully saturated rings. The molecule has 25 heavy (non-hydrogen) atoms. The van der Waals surface area contributed by atoms with Crippen LogP contribution in [0, 0.1) is 0 Å². The number of carbonyl (C=O) groups excluding carboxylic acids is 1. The number of benzene rings is 1. The lowest BCUT2D eigenvalue weighted by Crippen LogP contribution is -2.36. The number of nitrogens with one attached hydrogen (secondary N) is 2. The molecule has 0 bridgehead atoms. The van der Waals surface area contributed by atoms with E-state index in [0.29, 0.717) is 6.61 Å². The lowest BCUT2D eigenvalue weighted by Gasteiger charge is -2.23. The maximum atomic E-state index is 12.3. The minimum atomic E-state index is -0.235. The Hall–Kier alpha value is -2.57. The molecule has 2 aromatic rings. The first-order chi connectivity index (χ1) is 12.2. The minimum Gasteiger partial charge on any atom is -0.494 e. The number of rotatable bonds is 6. The van der Waals surface area contributed by atoms with E-state index in [4.69, 9.17) is 4.74 Å². The third kappa shape index (κ3) is 4.29. The van der Waals surface area contributed by atoms with Gasteiger partial charge in [0.05, 0.1) is 12.6 Å². The highest BCUT2D eigenvalue weighted by Crippen LogP contribution is 2.23. The normalized spacial score (nSPS) is 16.2. The zero-order valence-electron chi connectivity index (χ0n) is 14.8. The molecule has 1 aromatic carbocycles. The molecule has 7 heteroatoms. The van der Waals surface area contributed by atoms with Gasteiger partial charge in [0.25, 0.3) is 0 Å². The molecule has 1 aromatic heterocycles. The number of nitrogens with zero attached hydrogens (tertiary/aromatic N) is 3. The molecule has 0 aliphatic carbocycles. The van der Waals surface area contributed by atoms with E-state index in [-0.39, 0.29) is 12.1 Å². The van der Waals surface area contributed by atoms with Gasteiger partial charge in [-0.15, -0.1) is 0 Å². The van der Waals surface area contributed by atoms with E-state index < -0.39 is 0 Å². The van der Waals surface area contributed by atoms with Crippen molar-refractivity contribution < 1.29 is 9.53 Å². The highest BCUT2D eigenvalue weighted by atomic mass is 16.5. The van der Waals surface area contributed by atoms with Crippen molar-refractivity contribution in [2.45, 2.75) is 52.1 Å². The summed E-state index contributed by atoms with van der Waals surface area (Å²) in [5.41, 5.74) is 0.730. The molecule has 134 valence electrons. The van der Waals surface area contributed by atoms with E-state index in [1.54, 1.807) is 0 Å². The molecule has 0 saturated heterocycles. The van der Waals surface area contributed by atoms with Crippen LogP contribution < -0.4 is 15.4 Å². The summed E-state index contributed by atoms with van der Waals surface area (Å²) in [6.45, 7) is 5.65. The third-order valence-corrected chi connectivity index (χ3v) is 4.13. The van der Waals surface area contributed by atoms with Crippen molar-refractivity contribution in [2.24, 2.45) is 0 Å². The van der Waals surface area contributed by atoms with Crippen LogP contribution in [0.15, 0.2) is 24.3 Å². The number of amides is 2. The number of urea groups is 1. The van der Waals surface area contributed by atoms with Crippen molar-refractivity contribution in [2.75, 3.05) is 11.9 Å². The highest BCUT2D eigenvalue weighted by molar-refractivity contribution is 5.89. The lowest BCUT2D eigenvalue weighted by atomic mass is 10.1. The smallest absolute Gasteiger partial charge is 0.319 e. The second-order valence-corrected chi connectivity index (χ2v) is 6.13. The van der Waals surface area contributed by atoms with Gasteiger partial charge in [-0.25, -0.2) is 14.5 Å². The first-order valence-corrected chi connectivity index (χ1v) is 8.93. The van der Waals surface area contributed by atoms with Crippen molar-refractivity contribution in [3.63, 3.8) is 0 Å². The Morgan fingerprint density at radius 1 is 1.32 bits per heavy atom. The van der Waals surface area contributed by atoms with Crippen LogP contribution in [0.2, 0.25) is 0 Å². The summed E-state index contributed by atoms with van der Waals surface area (Å²) in [4.78, 5) is 16.9. The van der Waals surface area contributed by atoms with Crippen molar-refractivity contribution in [1.29, 1.82) is 0 Å². The summed E-state index contributed by atoms with van der Waals surface area (Å²) in [5.74, 6) is 2.48. The van der Waals surface area contributed by atoms with E-state index in [9.17, 15) is 4.79 Å². The molecule has 7 nitrogen and oxygen atoms in total. The number of carbonyl (C=O) groups is 1. The van der Waals surface area contributed by atoms with Gasteiger partial charge in [0.2, 0.25) is 0 Å². The molecule has 0 spiro atoms. The predicted molar refractivity (Wildman–Crippen MR) is 95.8 cm³/mol. The summed E-state index contributed by atoms with van der Waals surface area (Å²) < 4.78 is 7.45. The molecule has 1 atom stereocenters. The third-order valence-electron chi connectivity index (χ3n) is 4.13. The van der Waals surface area contributed by atoms with Gasteiger partial charge in [-0.3, -0.25) is 0 Å². The number of aromatic nitrogens is 3. The quantitative estimate of drug-likeness (QED) is 0.843. The van der Waals surface area contributed by atoms with Crippen molar-refractivity contribution in [1.82, 2.24) is 20.1 Å². The second-order valence-electron chi connectivity index (χ2n) is 6.13. The first-order valence-electron chi connectivity index (χ1n) is 8.93. The molecule has 0 saturated carbocycles. The van der Waals surface area contributed by atoms with Gasteiger partial charge in [0, 0.05) is 18.7 Å². The van der Waals surface area contributed by atoms with Crippen LogP contribution in [-0.4, -0.2) is 27.4 Å². The van der Waals surface area contributed by atoms with Crippen molar-refractivity contribution in [3.05, 3.63) is 35.9 Å². The first kappa shape index (κ1) is 17.3. The molecule has 1 aliphatic heterocycles. The average Bonchev–Trinajstić information content (AvgIpc) is 3.05. The van der Waals surface area contributed by atoms with Crippen molar-refractivity contribution >= 4 is 11.7 Å². The molecule has 2 amide bonds. The summed E-state index contributed by atoms with van der Waals surface area (Å²) in [6, 6.07) is 7.05. The molecular weight excluding hydrogens is 318 g/mol. The van der Waals surface area contributed by atoms with Crippen LogP contribution in [0.5, 0.6) is 5.75 Å². The largest absolute Gasteiger partial charge is 0.494 e. The van der Waals surface area contributed by atoms with Crippen LogP contribution >= 0.6 is 0 Å². The topological polar surface area (TPSA) is 81.1 Å². The molecule has 0 radical (unpaired) electrons. The summed E-state index contributed by atoms with van der Waals surface area (Å²) in [5, 5.41) is 10.3. The number of fused-ring (bicyclic) bond motifs is 1. The molecule has 2 heterocycles. The monoisotopic (exact) mass is 343 g/mol. The van der Waals surface area contributed by atoms with Crippen LogP contribution in [0.25, 0.3) is 0 Å². The molecule has 3 rings (SSSR count). The lowest BCUT2D eigenvalue weighted by molar-refractivity contribution is 0.244. The summed E-state index contributed by atoms with van der Waals surface area (Å²) in [6.07, 6.45) is 3.62.